The molecule has 6 heteroatoms. The van der Waals surface area contributed by atoms with Crippen molar-refractivity contribution in [3.63, 3.8) is 0 Å². The van der Waals surface area contributed by atoms with Crippen LogP contribution in [0, 0.1) is 18.3 Å². The summed E-state index contributed by atoms with van der Waals surface area (Å²) >= 11 is 0. The molecule has 0 bridgehead atoms. The number of methoxy groups -OCH3 is 1. The molecule has 188 valence electrons. The van der Waals surface area contributed by atoms with Crippen molar-refractivity contribution in [1.82, 2.24) is 4.90 Å². The maximum atomic E-state index is 12.8. The Labute approximate surface area is 209 Å². The van der Waals surface area contributed by atoms with Gasteiger partial charge in [-0.2, -0.15) is 0 Å². The lowest BCUT2D eigenvalue weighted by molar-refractivity contribution is 0.102. The SMILES string of the molecule is COCC(C)N1CCC2(CCN(c3ccc(NC(=O)c4ccc(OCC5CC5)cc4)c(C)c3)C2)C1. The molecule has 1 N–H and O–H groups in total. The second kappa shape index (κ2) is 10.2. The van der Waals surface area contributed by atoms with Gasteiger partial charge in [-0.1, -0.05) is 0 Å². The van der Waals surface area contributed by atoms with Crippen LogP contribution in [-0.2, 0) is 4.74 Å². The average Bonchev–Trinajstić information content (AvgIpc) is 3.46. The monoisotopic (exact) mass is 477 g/mol. The highest BCUT2D eigenvalue weighted by Crippen LogP contribution is 2.42. The summed E-state index contributed by atoms with van der Waals surface area (Å²) in [6.07, 6.45) is 5.03. The molecule has 1 aliphatic carbocycles. The summed E-state index contributed by atoms with van der Waals surface area (Å²) in [4.78, 5) is 17.9. The molecule has 2 aromatic carbocycles. The Morgan fingerprint density at radius 2 is 1.89 bits per heavy atom. The molecule has 0 aromatic heterocycles. The van der Waals surface area contributed by atoms with E-state index in [-0.39, 0.29) is 5.91 Å². The third-order valence-electron chi connectivity index (χ3n) is 8.06. The van der Waals surface area contributed by atoms with E-state index < -0.39 is 0 Å². The van der Waals surface area contributed by atoms with E-state index in [2.05, 4.69) is 41.1 Å². The molecule has 1 saturated carbocycles. The average molecular weight is 478 g/mol. The predicted octanol–water partition coefficient (Wildman–Crippen LogP) is 4.97. The molecule has 3 fully saturated rings. The highest BCUT2D eigenvalue weighted by atomic mass is 16.5. The van der Waals surface area contributed by atoms with Crippen molar-refractivity contribution in [2.75, 3.05) is 56.7 Å². The van der Waals surface area contributed by atoms with Crippen LogP contribution < -0.4 is 15.0 Å². The van der Waals surface area contributed by atoms with Crippen LogP contribution in [0.15, 0.2) is 42.5 Å². The lowest BCUT2D eigenvalue weighted by Gasteiger charge is -2.28. The zero-order chi connectivity index (χ0) is 24.4. The number of hydrogen-bond acceptors (Lipinski definition) is 5. The van der Waals surface area contributed by atoms with Crippen molar-refractivity contribution in [2.24, 2.45) is 11.3 Å². The van der Waals surface area contributed by atoms with Gasteiger partial charge in [0.25, 0.3) is 5.91 Å². The summed E-state index contributed by atoms with van der Waals surface area (Å²) in [6.45, 7) is 10.4. The molecule has 0 radical (unpaired) electrons. The highest BCUT2D eigenvalue weighted by molar-refractivity contribution is 6.04. The van der Waals surface area contributed by atoms with Gasteiger partial charge in [0.1, 0.15) is 5.75 Å². The van der Waals surface area contributed by atoms with Crippen molar-refractivity contribution in [3.8, 4) is 5.75 Å². The van der Waals surface area contributed by atoms with Gasteiger partial charge < -0.3 is 19.7 Å². The molecule has 2 unspecified atom stereocenters. The summed E-state index contributed by atoms with van der Waals surface area (Å²) in [5.74, 6) is 1.45. The molecule has 6 nitrogen and oxygen atoms in total. The molecule has 2 saturated heterocycles. The summed E-state index contributed by atoms with van der Waals surface area (Å²) < 4.78 is 11.2. The first kappa shape index (κ1) is 24.1. The van der Waals surface area contributed by atoms with Crippen molar-refractivity contribution in [1.29, 1.82) is 0 Å². The molecule has 1 spiro atoms. The van der Waals surface area contributed by atoms with Gasteiger partial charge in [-0.25, -0.2) is 0 Å². The van der Waals surface area contributed by atoms with E-state index in [1.165, 1.54) is 31.4 Å². The topological polar surface area (TPSA) is 54.0 Å². The smallest absolute Gasteiger partial charge is 0.255 e. The second-order valence-corrected chi connectivity index (χ2v) is 10.9. The highest BCUT2D eigenvalue weighted by Gasteiger charge is 2.44. The van der Waals surface area contributed by atoms with Gasteiger partial charge in [-0.3, -0.25) is 9.69 Å². The number of hydrogen-bond donors (Lipinski definition) is 1. The first-order chi connectivity index (χ1) is 16.9. The molecule has 2 aliphatic heterocycles. The summed E-state index contributed by atoms with van der Waals surface area (Å²) in [5, 5.41) is 3.09. The van der Waals surface area contributed by atoms with Crippen LogP contribution in [0.2, 0.25) is 0 Å². The first-order valence-corrected chi connectivity index (χ1v) is 13.1. The predicted molar refractivity (Wildman–Crippen MR) is 141 cm³/mol. The summed E-state index contributed by atoms with van der Waals surface area (Å²) in [6, 6.07) is 14.3. The number of ether oxygens (including phenoxy) is 2. The molecular formula is C29H39N3O3. The van der Waals surface area contributed by atoms with Gasteiger partial charge in [-0.15, -0.1) is 0 Å². The Balaban J connectivity index is 1.17. The van der Waals surface area contributed by atoms with E-state index in [9.17, 15) is 4.79 Å². The molecular weight excluding hydrogens is 438 g/mol. The minimum atomic E-state index is -0.0917. The largest absolute Gasteiger partial charge is 0.493 e. The molecule has 2 heterocycles. The fourth-order valence-corrected chi connectivity index (χ4v) is 5.56. The number of anilines is 2. The quantitative estimate of drug-likeness (QED) is 0.552. The van der Waals surface area contributed by atoms with Crippen LogP contribution in [-0.4, -0.2) is 63.4 Å². The van der Waals surface area contributed by atoms with Gasteiger partial charge in [0, 0.05) is 55.1 Å². The summed E-state index contributed by atoms with van der Waals surface area (Å²) in [7, 11) is 1.79. The normalized spacial score (nSPS) is 23.1. The zero-order valence-electron chi connectivity index (χ0n) is 21.4. The van der Waals surface area contributed by atoms with E-state index in [0.717, 1.165) is 56.4 Å². The first-order valence-electron chi connectivity index (χ1n) is 13.1. The van der Waals surface area contributed by atoms with Crippen LogP contribution in [0.1, 0.15) is 48.5 Å². The van der Waals surface area contributed by atoms with Gasteiger partial charge in [0.05, 0.1) is 13.2 Å². The second-order valence-electron chi connectivity index (χ2n) is 10.9. The number of rotatable bonds is 9. The number of carbonyl (C=O) groups excluding carboxylic acids is 1. The van der Waals surface area contributed by atoms with Crippen molar-refractivity contribution in [2.45, 2.75) is 45.6 Å². The lowest BCUT2D eigenvalue weighted by Crippen LogP contribution is -2.37. The molecule has 3 aliphatic rings. The van der Waals surface area contributed by atoms with E-state index in [0.29, 0.717) is 22.9 Å². The standard InChI is InChI=1S/C29H39N3O3/c1-21-16-25(32-15-13-29(20-32)12-14-31(19-29)22(2)17-34-3)8-11-27(21)30-28(33)24-6-9-26(10-7-24)35-18-23-4-5-23/h6-11,16,22-23H,4-5,12-15,17-20H2,1-3H3,(H,30,33). The van der Waals surface area contributed by atoms with Crippen LogP contribution in [0.25, 0.3) is 0 Å². The molecule has 2 aromatic rings. The van der Waals surface area contributed by atoms with Gasteiger partial charge in [0.15, 0.2) is 0 Å². The van der Waals surface area contributed by atoms with Crippen LogP contribution >= 0.6 is 0 Å². The minimum Gasteiger partial charge on any atom is -0.493 e. The number of carbonyl (C=O) groups is 1. The van der Waals surface area contributed by atoms with Crippen LogP contribution in [0.3, 0.4) is 0 Å². The number of likely N-dealkylation sites (tertiary alicyclic amines) is 1. The van der Waals surface area contributed by atoms with Gasteiger partial charge in [-0.05, 0) is 100 Å². The van der Waals surface area contributed by atoms with Crippen molar-refractivity contribution in [3.05, 3.63) is 53.6 Å². The Morgan fingerprint density at radius 1 is 1.11 bits per heavy atom. The fourth-order valence-electron chi connectivity index (χ4n) is 5.56. The number of nitrogens with zero attached hydrogens (tertiary/aromatic N) is 2. The maximum Gasteiger partial charge on any atom is 0.255 e. The van der Waals surface area contributed by atoms with E-state index >= 15 is 0 Å². The Morgan fingerprint density at radius 3 is 2.60 bits per heavy atom. The third kappa shape index (κ3) is 5.65. The van der Waals surface area contributed by atoms with E-state index in [1.807, 2.05) is 30.3 Å². The Kier molecular flexibility index (Phi) is 7.03. The maximum absolute atomic E-state index is 12.8. The van der Waals surface area contributed by atoms with E-state index in [4.69, 9.17) is 9.47 Å². The molecule has 1 amide bonds. The van der Waals surface area contributed by atoms with Crippen molar-refractivity contribution < 1.29 is 14.3 Å². The fraction of sp³-hybridized carbons (Fsp3) is 0.552. The third-order valence-corrected chi connectivity index (χ3v) is 8.06. The summed E-state index contributed by atoms with van der Waals surface area (Å²) in [5.41, 5.74) is 4.22. The van der Waals surface area contributed by atoms with Gasteiger partial charge >= 0.3 is 0 Å². The zero-order valence-corrected chi connectivity index (χ0v) is 21.4. The lowest BCUT2D eigenvalue weighted by atomic mass is 9.86. The number of benzene rings is 2. The number of nitrogens with one attached hydrogen (secondary N) is 1. The van der Waals surface area contributed by atoms with E-state index in [1.54, 1.807) is 7.11 Å². The van der Waals surface area contributed by atoms with Crippen molar-refractivity contribution >= 4 is 17.3 Å². The molecule has 5 rings (SSSR count). The molecule has 35 heavy (non-hydrogen) atoms. The Bertz CT molecular complexity index is 1040. The number of amides is 1. The van der Waals surface area contributed by atoms with Gasteiger partial charge in [0.2, 0.25) is 0 Å². The molecule has 2 atom stereocenters. The Hall–Kier alpha value is -2.57. The van der Waals surface area contributed by atoms with Crippen LogP contribution in [0.4, 0.5) is 11.4 Å². The number of aryl methyl sites for hydroxylation is 1. The van der Waals surface area contributed by atoms with Crippen LogP contribution in [0.5, 0.6) is 5.75 Å². The minimum absolute atomic E-state index is 0.0917.